The number of nitrogens with one attached hydrogen (secondary N) is 3. The van der Waals surface area contributed by atoms with E-state index in [4.69, 9.17) is 4.52 Å². The predicted octanol–water partition coefficient (Wildman–Crippen LogP) is 2.46. The molecule has 0 aromatic carbocycles. The van der Waals surface area contributed by atoms with E-state index >= 15 is 0 Å². The minimum absolute atomic E-state index is 0. The van der Waals surface area contributed by atoms with Gasteiger partial charge in [-0.3, -0.25) is 9.69 Å². The number of rotatable bonds is 9. The van der Waals surface area contributed by atoms with Gasteiger partial charge in [0.15, 0.2) is 11.7 Å². The van der Waals surface area contributed by atoms with Gasteiger partial charge in [0.25, 0.3) is 0 Å². The highest BCUT2D eigenvalue weighted by atomic mass is 127. The van der Waals surface area contributed by atoms with E-state index in [1.54, 1.807) is 0 Å². The van der Waals surface area contributed by atoms with Gasteiger partial charge in [0.2, 0.25) is 5.91 Å². The molecule has 1 aromatic rings. The van der Waals surface area contributed by atoms with Crippen LogP contribution in [-0.4, -0.2) is 60.7 Å². The first-order valence-corrected chi connectivity index (χ1v) is 10.5. The highest BCUT2D eigenvalue weighted by Gasteiger charge is 2.21. The third-order valence-electron chi connectivity index (χ3n) is 4.77. The molecule has 1 aliphatic heterocycles. The minimum Gasteiger partial charge on any atom is -0.359 e. The van der Waals surface area contributed by atoms with Gasteiger partial charge in [0.05, 0.1) is 12.2 Å². The van der Waals surface area contributed by atoms with Gasteiger partial charge in [0, 0.05) is 38.3 Å². The molecule has 0 aliphatic carbocycles. The molecule has 0 unspecified atom stereocenters. The summed E-state index contributed by atoms with van der Waals surface area (Å²) in [6.07, 6.45) is 2.95. The Bertz CT molecular complexity index is 626. The Kier molecular flexibility index (Phi) is 12.2. The smallest absolute Gasteiger partial charge is 0.234 e. The van der Waals surface area contributed by atoms with Crippen LogP contribution in [0.4, 0.5) is 0 Å². The summed E-state index contributed by atoms with van der Waals surface area (Å²) in [6.45, 7) is 12.6. The van der Waals surface area contributed by atoms with E-state index in [1.807, 2.05) is 6.07 Å². The van der Waals surface area contributed by atoms with Gasteiger partial charge in [0.1, 0.15) is 6.54 Å². The fraction of sp³-hybridized carbons (Fsp3) is 0.750. The molecule has 0 bridgehead atoms. The Balaban J connectivity index is 0.00000420. The van der Waals surface area contributed by atoms with Crippen molar-refractivity contribution in [3.05, 3.63) is 17.5 Å². The number of aromatic nitrogens is 1. The summed E-state index contributed by atoms with van der Waals surface area (Å²) in [5.41, 5.74) is 0.957. The van der Waals surface area contributed by atoms with Crippen molar-refractivity contribution in [1.82, 2.24) is 26.0 Å². The van der Waals surface area contributed by atoms with Crippen molar-refractivity contribution in [3.63, 3.8) is 0 Å². The lowest BCUT2D eigenvalue weighted by Crippen LogP contribution is -2.50. The maximum absolute atomic E-state index is 11.9. The highest BCUT2D eigenvalue weighted by molar-refractivity contribution is 14.0. The Morgan fingerprint density at radius 1 is 1.31 bits per heavy atom. The predicted molar refractivity (Wildman–Crippen MR) is 127 cm³/mol. The van der Waals surface area contributed by atoms with Crippen molar-refractivity contribution in [3.8, 4) is 0 Å². The number of carbonyl (C=O) groups is 1. The Morgan fingerprint density at radius 3 is 2.62 bits per heavy atom. The molecule has 0 spiro atoms. The summed E-state index contributed by atoms with van der Waals surface area (Å²) in [5.74, 6) is 2.04. The average Bonchev–Trinajstić information content (AvgIpc) is 3.15. The first-order valence-electron chi connectivity index (χ1n) is 10.5. The van der Waals surface area contributed by atoms with Crippen molar-refractivity contribution in [2.24, 2.45) is 4.99 Å². The zero-order valence-corrected chi connectivity index (χ0v) is 20.5. The molecule has 3 N–H and O–H groups in total. The molecule has 1 amide bonds. The maximum Gasteiger partial charge on any atom is 0.234 e. The molecule has 1 aliphatic rings. The van der Waals surface area contributed by atoms with Crippen LogP contribution in [0.1, 0.15) is 64.3 Å². The zero-order chi connectivity index (χ0) is 20.4. The van der Waals surface area contributed by atoms with E-state index in [1.165, 1.54) is 0 Å². The SMILES string of the molecule is CCCNC(=O)CN1CCC(NC(=NCc2cc(C(C)C)no2)NCC)CC1.I. The summed E-state index contributed by atoms with van der Waals surface area (Å²) < 4.78 is 5.37. The number of nitrogens with zero attached hydrogens (tertiary/aromatic N) is 3. The molecule has 29 heavy (non-hydrogen) atoms. The van der Waals surface area contributed by atoms with Crippen LogP contribution in [0.3, 0.4) is 0 Å². The largest absolute Gasteiger partial charge is 0.359 e. The number of hydrogen-bond donors (Lipinski definition) is 3. The van der Waals surface area contributed by atoms with Crippen LogP contribution in [0.2, 0.25) is 0 Å². The Hall–Kier alpha value is -1.36. The number of aliphatic imine (C=N–C) groups is 1. The molecule has 1 saturated heterocycles. The van der Waals surface area contributed by atoms with E-state index in [2.05, 4.69) is 58.7 Å². The fourth-order valence-electron chi connectivity index (χ4n) is 3.10. The number of amides is 1. The normalized spacial score (nSPS) is 15.8. The summed E-state index contributed by atoms with van der Waals surface area (Å²) >= 11 is 0. The Labute approximate surface area is 191 Å². The number of hydrogen-bond acceptors (Lipinski definition) is 5. The van der Waals surface area contributed by atoms with Crippen LogP contribution >= 0.6 is 24.0 Å². The fourth-order valence-corrected chi connectivity index (χ4v) is 3.10. The lowest BCUT2D eigenvalue weighted by Gasteiger charge is -2.32. The number of guanidine groups is 1. The first kappa shape index (κ1) is 25.7. The topological polar surface area (TPSA) is 94.8 Å². The van der Waals surface area contributed by atoms with Crippen molar-refractivity contribution in [2.45, 2.75) is 65.5 Å². The van der Waals surface area contributed by atoms with E-state index in [9.17, 15) is 4.79 Å². The molecule has 2 heterocycles. The summed E-state index contributed by atoms with van der Waals surface area (Å²) in [7, 11) is 0. The summed E-state index contributed by atoms with van der Waals surface area (Å²) in [5, 5.41) is 13.8. The first-order chi connectivity index (χ1) is 13.5. The number of piperidine rings is 1. The van der Waals surface area contributed by atoms with Gasteiger partial charge in [-0.25, -0.2) is 4.99 Å². The second-order valence-electron chi connectivity index (χ2n) is 7.61. The summed E-state index contributed by atoms with van der Waals surface area (Å²) in [4.78, 5) is 18.7. The molecule has 1 aromatic heterocycles. The molecule has 0 atom stereocenters. The molecular weight excluding hydrogens is 483 g/mol. The van der Waals surface area contributed by atoms with Crippen molar-refractivity contribution in [2.75, 3.05) is 32.7 Å². The van der Waals surface area contributed by atoms with Crippen molar-refractivity contribution in [1.29, 1.82) is 0 Å². The molecular formula is C20H37IN6O2. The van der Waals surface area contributed by atoms with Gasteiger partial charge in [-0.2, -0.15) is 0 Å². The average molecular weight is 520 g/mol. The van der Waals surface area contributed by atoms with Gasteiger partial charge in [-0.1, -0.05) is 25.9 Å². The molecule has 1 fully saturated rings. The number of halogens is 1. The second kappa shape index (κ2) is 13.8. The van der Waals surface area contributed by atoms with Gasteiger partial charge in [-0.05, 0) is 32.1 Å². The van der Waals surface area contributed by atoms with Crippen LogP contribution < -0.4 is 16.0 Å². The van der Waals surface area contributed by atoms with E-state index in [0.717, 1.165) is 62.9 Å². The quantitative estimate of drug-likeness (QED) is 0.263. The van der Waals surface area contributed by atoms with Crippen LogP contribution in [0.25, 0.3) is 0 Å². The lowest BCUT2D eigenvalue weighted by molar-refractivity contribution is -0.122. The van der Waals surface area contributed by atoms with E-state index in [-0.39, 0.29) is 29.9 Å². The van der Waals surface area contributed by atoms with E-state index < -0.39 is 0 Å². The van der Waals surface area contributed by atoms with Crippen molar-refractivity contribution >= 4 is 35.8 Å². The van der Waals surface area contributed by atoms with Gasteiger partial charge < -0.3 is 20.5 Å². The maximum atomic E-state index is 11.9. The van der Waals surface area contributed by atoms with Crippen LogP contribution in [0.5, 0.6) is 0 Å². The third-order valence-corrected chi connectivity index (χ3v) is 4.77. The summed E-state index contributed by atoms with van der Waals surface area (Å²) in [6, 6.07) is 2.33. The molecule has 0 saturated carbocycles. The third kappa shape index (κ3) is 9.33. The molecule has 9 heteroatoms. The molecule has 8 nitrogen and oxygen atoms in total. The van der Waals surface area contributed by atoms with Gasteiger partial charge >= 0.3 is 0 Å². The monoisotopic (exact) mass is 520 g/mol. The molecule has 2 rings (SSSR count). The van der Waals surface area contributed by atoms with Crippen molar-refractivity contribution < 1.29 is 9.32 Å². The van der Waals surface area contributed by atoms with Gasteiger partial charge in [-0.15, -0.1) is 24.0 Å². The van der Waals surface area contributed by atoms with Crippen LogP contribution in [-0.2, 0) is 11.3 Å². The second-order valence-corrected chi connectivity index (χ2v) is 7.61. The molecule has 0 radical (unpaired) electrons. The van der Waals surface area contributed by atoms with Crippen LogP contribution in [0.15, 0.2) is 15.6 Å². The highest BCUT2D eigenvalue weighted by Crippen LogP contribution is 2.14. The molecule has 166 valence electrons. The lowest BCUT2D eigenvalue weighted by atomic mass is 10.1. The number of carbonyl (C=O) groups excluding carboxylic acids is 1. The standard InChI is InChI=1S/C20H36N6O2.HI/c1-5-9-22-19(27)14-26-10-7-16(8-11-26)24-20(21-6-2)23-13-17-12-18(15(3)4)25-28-17;/h12,15-16H,5-11,13-14H2,1-4H3,(H,22,27)(H2,21,23,24);1H. The zero-order valence-electron chi connectivity index (χ0n) is 18.2. The Morgan fingerprint density at radius 2 is 2.03 bits per heavy atom. The van der Waals surface area contributed by atoms with E-state index in [0.29, 0.717) is 25.0 Å². The van der Waals surface area contributed by atoms with Crippen LogP contribution in [0, 0.1) is 0 Å². The number of likely N-dealkylation sites (tertiary alicyclic amines) is 1. The minimum atomic E-state index is 0.